The topological polar surface area (TPSA) is 169 Å². The minimum atomic E-state index is -0.414. The van der Waals surface area contributed by atoms with Crippen LogP contribution in [0.15, 0.2) is 12.2 Å². The number of nitrogens with zero attached hydrogens (tertiary/aromatic N) is 1. The zero-order chi connectivity index (χ0) is 23.8. The zero-order valence-electron chi connectivity index (χ0n) is 18.4. The fraction of sp³-hybridized carbons (Fsp3) is 0.650. The highest BCUT2D eigenvalue weighted by Crippen LogP contribution is 2.04. The number of nitrogens with two attached hydrogens (primary N) is 1. The van der Waals surface area contributed by atoms with Crippen LogP contribution in [0, 0.1) is 0 Å². The first kappa shape index (κ1) is 27.2. The normalized spacial score (nSPS) is 14.0. The van der Waals surface area contributed by atoms with E-state index in [9.17, 15) is 24.0 Å². The van der Waals surface area contributed by atoms with E-state index >= 15 is 0 Å². The average Bonchev–Trinajstić information content (AvgIpc) is 3.08. The Hall–Kier alpha value is -2.83. The number of rotatable bonds is 18. The van der Waals surface area contributed by atoms with Gasteiger partial charge in [0, 0.05) is 38.2 Å². The Morgan fingerprint density at radius 2 is 1.62 bits per heavy atom. The van der Waals surface area contributed by atoms with Crippen molar-refractivity contribution in [3.05, 3.63) is 12.2 Å². The maximum atomic E-state index is 11.7. The lowest BCUT2D eigenvalue weighted by Crippen LogP contribution is -2.39. The summed E-state index contributed by atoms with van der Waals surface area (Å²) in [6.45, 7) is 1.50. The van der Waals surface area contributed by atoms with Gasteiger partial charge in [0.15, 0.2) is 0 Å². The molecule has 0 spiro atoms. The number of likely N-dealkylation sites (N-methyl/N-ethyl adjacent to an activating group) is 1. The lowest BCUT2D eigenvalue weighted by Gasteiger charge is -2.13. The molecule has 1 aliphatic rings. The molecule has 12 nitrogen and oxygen atoms in total. The Bertz CT molecular complexity index is 665. The second-order valence-electron chi connectivity index (χ2n) is 7.02. The number of carbonyl (C=O) groups excluding carboxylic acids is 5. The lowest BCUT2D eigenvalue weighted by atomic mass is 10.1. The van der Waals surface area contributed by atoms with E-state index in [2.05, 4.69) is 16.0 Å². The van der Waals surface area contributed by atoms with Gasteiger partial charge < -0.3 is 31.2 Å². The van der Waals surface area contributed by atoms with Crippen molar-refractivity contribution >= 4 is 29.5 Å². The molecular weight excluding hydrogens is 422 g/mol. The predicted molar refractivity (Wildman–Crippen MR) is 114 cm³/mol. The van der Waals surface area contributed by atoms with Gasteiger partial charge in [-0.2, -0.15) is 0 Å². The molecule has 0 saturated heterocycles. The molecule has 32 heavy (non-hydrogen) atoms. The van der Waals surface area contributed by atoms with Crippen LogP contribution < -0.4 is 21.7 Å². The minimum Gasteiger partial charge on any atom is -0.377 e. The molecule has 1 atom stereocenters. The molecule has 0 aromatic heterocycles. The molecule has 0 bridgehead atoms. The summed E-state index contributed by atoms with van der Waals surface area (Å²) in [5.41, 5.74) is 5.23. The van der Waals surface area contributed by atoms with E-state index in [1.165, 1.54) is 12.2 Å². The second-order valence-corrected chi connectivity index (χ2v) is 7.02. The fourth-order valence-electron chi connectivity index (χ4n) is 2.78. The quantitative estimate of drug-likeness (QED) is 0.133. The molecule has 0 radical (unpaired) electrons. The van der Waals surface area contributed by atoms with E-state index in [0.29, 0.717) is 13.0 Å². The van der Waals surface area contributed by atoms with Crippen LogP contribution in [0.25, 0.3) is 0 Å². The molecule has 0 aromatic carbocycles. The highest BCUT2D eigenvalue weighted by molar-refractivity contribution is 6.13. The maximum absolute atomic E-state index is 11.7. The van der Waals surface area contributed by atoms with Gasteiger partial charge in [0.25, 0.3) is 11.8 Å². The molecule has 5 N–H and O–H groups in total. The van der Waals surface area contributed by atoms with Crippen LogP contribution in [-0.4, -0.2) is 93.6 Å². The smallest absolute Gasteiger partial charge is 0.253 e. The van der Waals surface area contributed by atoms with Gasteiger partial charge in [-0.25, -0.2) is 0 Å². The SMILES string of the molecule is CNC(CCCCNC(=O)COCCOCCNC(=O)CCN1C(=O)C=CC1=O)C(N)=O. The maximum Gasteiger partial charge on any atom is 0.253 e. The molecule has 0 fully saturated rings. The van der Waals surface area contributed by atoms with Crippen molar-refractivity contribution in [1.29, 1.82) is 0 Å². The highest BCUT2D eigenvalue weighted by atomic mass is 16.5. The Labute approximate surface area is 187 Å². The predicted octanol–water partition coefficient (Wildman–Crippen LogP) is -2.19. The molecular formula is C20H33N5O7. The summed E-state index contributed by atoms with van der Waals surface area (Å²) in [7, 11) is 1.68. The molecule has 180 valence electrons. The van der Waals surface area contributed by atoms with Crippen LogP contribution in [0.2, 0.25) is 0 Å². The Kier molecular flexibility index (Phi) is 13.5. The van der Waals surface area contributed by atoms with Gasteiger partial charge in [0.05, 0.1) is 25.9 Å². The third kappa shape index (κ3) is 11.5. The summed E-state index contributed by atoms with van der Waals surface area (Å²) in [4.78, 5) is 58.2. The molecule has 1 unspecified atom stereocenters. The van der Waals surface area contributed by atoms with Crippen LogP contribution in [0.3, 0.4) is 0 Å². The number of carbonyl (C=O) groups is 5. The van der Waals surface area contributed by atoms with Crippen molar-refractivity contribution in [2.75, 3.05) is 53.1 Å². The van der Waals surface area contributed by atoms with Gasteiger partial charge in [-0.15, -0.1) is 0 Å². The first-order valence-corrected chi connectivity index (χ1v) is 10.5. The number of amides is 5. The molecule has 12 heteroatoms. The summed E-state index contributed by atoms with van der Waals surface area (Å²) in [6, 6.07) is -0.355. The monoisotopic (exact) mass is 455 g/mol. The molecule has 0 aliphatic carbocycles. The van der Waals surface area contributed by atoms with E-state index in [1.54, 1.807) is 7.05 Å². The standard InChI is InChI=1S/C20H33N5O7/c1-22-15(20(21)30)4-2-3-8-23-17(27)14-32-13-12-31-11-9-24-16(26)7-10-25-18(28)5-6-19(25)29/h5-6,15,22H,2-4,7-14H2,1H3,(H2,21,30)(H,23,27)(H,24,26). The first-order chi connectivity index (χ1) is 15.3. The van der Waals surface area contributed by atoms with Crippen molar-refractivity contribution < 1.29 is 33.4 Å². The number of ether oxygens (including phenoxy) is 2. The van der Waals surface area contributed by atoms with Gasteiger partial charge in [-0.05, 0) is 26.3 Å². The summed E-state index contributed by atoms with van der Waals surface area (Å²) in [5.74, 6) is -1.74. The number of nitrogens with one attached hydrogen (secondary N) is 3. The third-order valence-electron chi connectivity index (χ3n) is 4.57. The molecule has 0 saturated carbocycles. The molecule has 1 rings (SSSR count). The summed E-state index contributed by atoms with van der Waals surface area (Å²) < 4.78 is 10.5. The van der Waals surface area contributed by atoms with Crippen LogP contribution in [0.1, 0.15) is 25.7 Å². The Balaban J connectivity index is 1.90. The number of unbranched alkanes of at least 4 members (excludes halogenated alkanes) is 1. The lowest BCUT2D eigenvalue weighted by molar-refractivity contribution is -0.137. The van der Waals surface area contributed by atoms with Crippen LogP contribution in [-0.2, 0) is 33.4 Å². The summed E-state index contributed by atoms with van der Waals surface area (Å²) >= 11 is 0. The first-order valence-electron chi connectivity index (χ1n) is 10.5. The number of hydrogen-bond donors (Lipinski definition) is 4. The van der Waals surface area contributed by atoms with E-state index in [0.717, 1.165) is 17.7 Å². The number of primary amides is 1. The van der Waals surface area contributed by atoms with Crippen molar-refractivity contribution in [3.8, 4) is 0 Å². The van der Waals surface area contributed by atoms with Gasteiger partial charge in [0.2, 0.25) is 17.7 Å². The van der Waals surface area contributed by atoms with Crippen molar-refractivity contribution in [1.82, 2.24) is 20.9 Å². The average molecular weight is 456 g/mol. The summed E-state index contributed by atoms with van der Waals surface area (Å²) in [5, 5.41) is 8.19. The third-order valence-corrected chi connectivity index (χ3v) is 4.57. The van der Waals surface area contributed by atoms with Gasteiger partial charge in [-0.1, -0.05) is 0 Å². The minimum absolute atomic E-state index is 0.0264. The molecule has 1 heterocycles. The molecule has 0 aromatic rings. The van der Waals surface area contributed by atoms with E-state index in [4.69, 9.17) is 15.2 Å². The van der Waals surface area contributed by atoms with E-state index in [-0.39, 0.29) is 69.7 Å². The van der Waals surface area contributed by atoms with Crippen molar-refractivity contribution in [2.24, 2.45) is 5.73 Å². The highest BCUT2D eigenvalue weighted by Gasteiger charge is 2.23. The number of imide groups is 1. The second kappa shape index (κ2) is 15.9. The Morgan fingerprint density at radius 3 is 2.28 bits per heavy atom. The molecule has 1 aliphatic heterocycles. The van der Waals surface area contributed by atoms with Crippen LogP contribution in [0.4, 0.5) is 0 Å². The van der Waals surface area contributed by atoms with Crippen molar-refractivity contribution in [2.45, 2.75) is 31.7 Å². The van der Waals surface area contributed by atoms with Gasteiger partial charge >= 0.3 is 0 Å². The fourth-order valence-corrected chi connectivity index (χ4v) is 2.78. The Morgan fingerprint density at radius 1 is 0.969 bits per heavy atom. The largest absolute Gasteiger partial charge is 0.377 e. The summed E-state index contributed by atoms with van der Waals surface area (Å²) in [6.07, 6.45) is 4.48. The van der Waals surface area contributed by atoms with Gasteiger partial charge in [-0.3, -0.25) is 28.9 Å². The number of hydrogen-bond acceptors (Lipinski definition) is 8. The molecule has 5 amide bonds. The van der Waals surface area contributed by atoms with Crippen LogP contribution in [0.5, 0.6) is 0 Å². The van der Waals surface area contributed by atoms with Crippen LogP contribution >= 0.6 is 0 Å². The van der Waals surface area contributed by atoms with E-state index in [1.807, 2.05) is 0 Å². The van der Waals surface area contributed by atoms with Gasteiger partial charge in [0.1, 0.15) is 6.61 Å². The van der Waals surface area contributed by atoms with E-state index < -0.39 is 11.8 Å². The zero-order valence-corrected chi connectivity index (χ0v) is 18.4. The van der Waals surface area contributed by atoms with Crippen molar-refractivity contribution in [3.63, 3.8) is 0 Å².